The van der Waals surface area contributed by atoms with Gasteiger partial charge in [0.25, 0.3) is 5.91 Å². The predicted octanol–water partition coefficient (Wildman–Crippen LogP) is 2.23. The number of carbonyl (C=O) groups is 4. The van der Waals surface area contributed by atoms with Gasteiger partial charge in [-0.25, -0.2) is 19.6 Å². The van der Waals surface area contributed by atoms with Gasteiger partial charge in [0.05, 0.1) is 31.3 Å². The van der Waals surface area contributed by atoms with E-state index >= 15 is 0 Å². The molecule has 0 aliphatic heterocycles. The largest absolute Gasteiger partial charge is 0.466 e. The van der Waals surface area contributed by atoms with E-state index in [4.69, 9.17) is 14.2 Å². The molecule has 1 aromatic carbocycles. The van der Waals surface area contributed by atoms with Crippen molar-refractivity contribution in [3.63, 3.8) is 0 Å². The Morgan fingerprint density at radius 1 is 0.939 bits per heavy atom. The Morgan fingerprint density at radius 3 is 2.24 bits per heavy atom. The predicted molar refractivity (Wildman–Crippen MR) is 116 cm³/mol. The number of esters is 2. The Kier molecular flexibility index (Phi) is 10.3. The monoisotopic (exact) mass is 458 g/mol. The van der Waals surface area contributed by atoms with Crippen molar-refractivity contribution in [2.24, 2.45) is 0 Å². The first kappa shape index (κ1) is 25.2. The standard InChI is InChI=1S/C22H26N4O7/c1-3-31-18(27)11-10-17(21(29)32-4-2)26-20(28)19-23-12-16(13-24-19)25-22(30)33-14-15-8-6-5-7-9-15/h5-9,12-13,17H,3-4,10-11,14H2,1-2H3,(H,25,30)(H,26,28). The molecule has 2 amide bonds. The number of benzene rings is 1. The first-order valence-corrected chi connectivity index (χ1v) is 10.4. The normalized spacial score (nSPS) is 11.1. The van der Waals surface area contributed by atoms with E-state index in [1.165, 1.54) is 12.4 Å². The van der Waals surface area contributed by atoms with Gasteiger partial charge in [0.2, 0.25) is 5.82 Å². The minimum absolute atomic E-state index is 0.00367. The zero-order valence-electron chi connectivity index (χ0n) is 18.4. The molecule has 0 spiro atoms. The van der Waals surface area contributed by atoms with E-state index in [9.17, 15) is 19.2 Å². The van der Waals surface area contributed by atoms with Crippen LogP contribution in [0.1, 0.15) is 42.9 Å². The lowest BCUT2D eigenvalue weighted by molar-refractivity contribution is -0.146. The fourth-order valence-electron chi connectivity index (χ4n) is 2.60. The van der Waals surface area contributed by atoms with Crippen molar-refractivity contribution in [2.45, 2.75) is 39.3 Å². The van der Waals surface area contributed by atoms with Gasteiger partial charge in [-0.05, 0) is 25.8 Å². The zero-order valence-corrected chi connectivity index (χ0v) is 18.4. The summed E-state index contributed by atoms with van der Waals surface area (Å²) in [6.07, 6.45) is 1.66. The van der Waals surface area contributed by atoms with Crippen LogP contribution < -0.4 is 10.6 Å². The summed E-state index contributed by atoms with van der Waals surface area (Å²) in [7, 11) is 0. The number of hydrogen-bond acceptors (Lipinski definition) is 9. The molecule has 0 saturated carbocycles. The summed E-state index contributed by atoms with van der Waals surface area (Å²) >= 11 is 0. The summed E-state index contributed by atoms with van der Waals surface area (Å²) in [6, 6.07) is 8.08. The Balaban J connectivity index is 1.91. The minimum atomic E-state index is -1.07. The first-order valence-electron chi connectivity index (χ1n) is 10.4. The van der Waals surface area contributed by atoms with Crippen LogP contribution in [0.4, 0.5) is 10.5 Å². The second kappa shape index (κ2) is 13.4. The second-order valence-corrected chi connectivity index (χ2v) is 6.60. The van der Waals surface area contributed by atoms with Crippen LogP contribution in [0.25, 0.3) is 0 Å². The molecule has 1 atom stereocenters. The summed E-state index contributed by atoms with van der Waals surface area (Å²) in [5.74, 6) is -2.15. The van der Waals surface area contributed by atoms with Crippen molar-refractivity contribution in [1.82, 2.24) is 15.3 Å². The number of aromatic nitrogens is 2. The van der Waals surface area contributed by atoms with Crippen molar-refractivity contribution in [2.75, 3.05) is 18.5 Å². The van der Waals surface area contributed by atoms with Crippen LogP contribution in [0, 0.1) is 0 Å². The van der Waals surface area contributed by atoms with Crippen LogP contribution in [0.3, 0.4) is 0 Å². The molecule has 0 bridgehead atoms. The van der Waals surface area contributed by atoms with Gasteiger partial charge in [-0.15, -0.1) is 0 Å². The SMILES string of the molecule is CCOC(=O)CCC(NC(=O)c1ncc(NC(=O)OCc2ccccc2)cn1)C(=O)OCC. The maximum absolute atomic E-state index is 12.5. The van der Waals surface area contributed by atoms with E-state index in [-0.39, 0.29) is 44.2 Å². The second-order valence-electron chi connectivity index (χ2n) is 6.60. The molecule has 0 fully saturated rings. The highest BCUT2D eigenvalue weighted by atomic mass is 16.5. The molecule has 1 aromatic heterocycles. The van der Waals surface area contributed by atoms with Gasteiger partial charge in [-0.2, -0.15) is 0 Å². The molecule has 2 aromatic rings. The van der Waals surface area contributed by atoms with Crippen molar-refractivity contribution in [3.8, 4) is 0 Å². The van der Waals surface area contributed by atoms with Crippen LogP contribution >= 0.6 is 0 Å². The molecule has 0 saturated heterocycles. The summed E-state index contributed by atoms with van der Waals surface area (Å²) in [4.78, 5) is 55.9. The third-order valence-electron chi connectivity index (χ3n) is 4.13. The Bertz CT molecular complexity index is 936. The van der Waals surface area contributed by atoms with E-state index in [1.54, 1.807) is 13.8 Å². The molecule has 33 heavy (non-hydrogen) atoms. The molecule has 2 N–H and O–H groups in total. The van der Waals surface area contributed by atoms with Crippen molar-refractivity contribution >= 4 is 29.6 Å². The highest BCUT2D eigenvalue weighted by molar-refractivity contribution is 5.94. The number of carbonyl (C=O) groups excluding carboxylic acids is 4. The summed E-state index contributed by atoms with van der Waals surface area (Å²) < 4.78 is 14.9. The average Bonchev–Trinajstić information content (AvgIpc) is 2.81. The highest BCUT2D eigenvalue weighted by Crippen LogP contribution is 2.08. The quantitative estimate of drug-likeness (QED) is 0.382. The van der Waals surface area contributed by atoms with Crippen LogP contribution in [0.2, 0.25) is 0 Å². The fraction of sp³-hybridized carbons (Fsp3) is 0.364. The molecular weight excluding hydrogens is 432 g/mol. The number of hydrogen-bond donors (Lipinski definition) is 2. The molecule has 1 unspecified atom stereocenters. The average molecular weight is 458 g/mol. The number of amides is 2. The van der Waals surface area contributed by atoms with E-state index in [1.807, 2.05) is 30.3 Å². The van der Waals surface area contributed by atoms with E-state index in [0.29, 0.717) is 0 Å². The van der Waals surface area contributed by atoms with Gasteiger partial charge in [0.1, 0.15) is 12.6 Å². The smallest absolute Gasteiger partial charge is 0.412 e. The summed E-state index contributed by atoms with van der Waals surface area (Å²) in [5, 5.41) is 4.91. The third kappa shape index (κ3) is 8.93. The molecule has 0 aliphatic carbocycles. The van der Waals surface area contributed by atoms with Crippen molar-refractivity contribution in [1.29, 1.82) is 0 Å². The Labute approximate surface area is 190 Å². The van der Waals surface area contributed by atoms with Gasteiger partial charge in [-0.3, -0.25) is 14.9 Å². The highest BCUT2D eigenvalue weighted by Gasteiger charge is 2.25. The molecule has 176 valence electrons. The Hall–Kier alpha value is -4.02. The van der Waals surface area contributed by atoms with Crippen LogP contribution in [0.5, 0.6) is 0 Å². The molecular formula is C22H26N4O7. The van der Waals surface area contributed by atoms with Gasteiger partial charge >= 0.3 is 18.0 Å². The number of nitrogens with one attached hydrogen (secondary N) is 2. The molecule has 0 aliphatic rings. The first-order chi connectivity index (χ1) is 15.9. The maximum atomic E-state index is 12.5. The topological polar surface area (TPSA) is 146 Å². The summed E-state index contributed by atoms with van der Waals surface area (Å²) in [6.45, 7) is 3.71. The van der Waals surface area contributed by atoms with E-state index in [2.05, 4.69) is 20.6 Å². The fourth-order valence-corrected chi connectivity index (χ4v) is 2.60. The van der Waals surface area contributed by atoms with Crippen LogP contribution in [-0.4, -0.2) is 53.2 Å². The van der Waals surface area contributed by atoms with Gasteiger partial charge < -0.3 is 19.5 Å². The van der Waals surface area contributed by atoms with E-state index in [0.717, 1.165) is 5.56 Å². The van der Waals surface area contributed by atoms with Gasteiger partial charge in [0.15, 0.2) is 0 Å². The molecule has 11 heteroatoms. The van der Waals surface area contributed by atoms with Crippen molar-refractivity contribution in [3.05, 3.63) is 54.1 Å². The number of rotatable bonds is 11. The van der Waals surface area contributed by atoms with Gasteiger partial charge in [0, 0.05) is 6.42 Å². The minimum Gasteiger partial charge on any atom is -0.466 e. The van der Waals surface area contributed by atoms with Crippen molar-refractivity contribution < 1.29 is 33.4 Å². The lowest BCUT2D eigenvalue weighted by atomic mass is 10.1. The maximum Gasteiger partial charge on any atom is 0.412 e. The molecule has 2 rings (SSSR count). The zero-order chi connectivity index (χ0) is 24.1. The lowest BCUT2D eigenvalue weighted by Gasteiger charge is -2.16. The third-order valence-corrected chi connectivity index (χ3v) is 4.13. The Morgan fingerprint density at radius 2 is 1.61 bits per heavy atom. The van der Waals surface area contributed by atoms with Crippen LogP contribution in [0.15, 0.2) is 42.7 Å². The molecule has 1 heterocycles. The number of anilines is 1. The van der Waals surface area contributed by atoms with Crippen LogP contribution in [-0.2, 0) is 30.4 Å². The summed E-state index contributed by atoms with van der Waals surface area (Å²) in [5.41, 5.74) is 1.05. The van der Waals surface area contributed by atoms with Gasteiger partial charge in [-0.1, -0.05) is 30.3 Å². The molecule has 0 radical (unpaired) electrons. The number of nitrogens with zero attached hydrogens (tertiary/aromatic N) is 2. The lowest BCUT2D eigenvalue weighted by Crippen LogP contribution is -2.42. The number of ether oxygens (including phenoxy) is 3. The molecule has 11 nitrogen and oxygen atoms in total. The van der Waals surface area contributed by atoms with E-state index < -0.39 is 30.0 Å².